The number of carbonyl (C=O) groups excluding carboxylic acids is 1. The van der Waals surface area contributed by atoms with Crippen molar-refractivity contribution in [2.24, 2.45) is 0 Å². The van der Waals surface area contributed by atoms with E-state index in [1.165, 1.54) is 40.3 Å². The van der Waals surface area contributed by atoms with Gasteiger partial charge in [0, 0.05) is 17.3 Å². The Bertz CT molecular complexity index is 1490. The van der Waals surface area contributed by atoms with Crippen molar-refractivity contribution >= 4 is 23.2 Å². The molecule has 0 aliphatic rings. The lowest BCUT2D eigenvalue weighted by atomic mass is 10.0. The number of nitrogens with zero attached hydrogens (tertiary/aromatic N) is 4. The first-order valence-corrected chi connectivity index (χ1v) is 10.1. The SMILES string of the molecule is N#Cc1ccccc1Nc1nc2ccc(-c3cccc(C(=O)NCC(F)(F)C(F)(F)F)c3F)cn2n1. The Labute approximate surface area is 199 Å². The lowest BCUT2D eigenvalue weighted by Crippen LogP contribution is -2.46. The van der Waals surface area contributed by atoms with Gasteiger partial charge in [-0.3, -0.25) is 4.79 Å². The van der Waals surface area contributed by atoms with E-state index in [2.05, 4.69) is 15.4 Å². The highest BCUT2D eigenvalue weighted by molar-refractivity contribution is 5.96. The highest BCUT2D eigenvalue weighted by Gasteiger charge is 2.57. The second-order valence-electron chi connectivity index (χ2n) is 7.49. The Morgan fingerprint density at radius 2 is 1.78 bits per heavy atom. The van der Waals surface area contributed by atoms with Crippen LogP contribution in [-0.4, -0.2) is 39.1 Å². The number of fused-ring (bicyclic) bond motifs is 1. The fraction of sp³-hybridized carbons (Fsp3) is 0.130. The minimum Gasteiger partial charge on any atom is -0.346 e. The number of amides is 1. The van der Waals surface area contributed by atoms with Crippen LogP contribution >= 0.6 is 0 Å². The second-order valence-corrected chi connectivity index (χ2v) is 7.49. The first kappa shape index (κ1) is 24.5. The zero-order valence-corrected chi connectivity index (χ0v) is 17.9. The van der Waals surface area contributed by atoms with Crippen LogP contribution in [0.15, 0.2) is 60.8 Å². The highest BCUT2D eigenvalue weighted by atomic mass is 19.4. The molecule has 2 N–H and O–H groups in total. The summed E-state index contributed by atoms with van der Waals surface area (Å²) < 4.78 is 79.6. The van der Waals surface area contributed by atoms with E-state index in [9.17, 15) is 32.0 Å². The average molecular weight is 504 g/mol. The third kappa shape index (κ3) is 4.78. The van der Waals surface area contributed by atoms with Crippen molar-refractivity contribution in [3.05, 3.63) is 77.7 Å². The van der Waals surface area contributed by atoms with Gasteiger partial charge in [0.1, 0.15) is 11.9 Å². The summed E-state index contributed by atoms with van der Waals surface area (Å²) in [6.45, 7) is -2.03. The van der Waals surface area contributed by atoms with Gasteiger partial charge >= 0.3 is 12.1 Å². The summed E-state index contributed by atoms with van der Waals surface area (Å²) in [5.41, 5.74) is 0.592. The van der Waals surface area contributed by atoms with Gasteiger partial charge in [0.25, 0.3) is 5.91 Å². The quantitative estimate of drug-likeness (QED) is 0.357. The maximum absolute atomic E-state index is 15.1. The smallest absolute Gasteiger partial charge is 0.346 e. The van der Waals surface area contributed by atoms with Gasteiger partial charge in [-0.15, -0.1) is 5.10 Å². The van der Waals surface area contributed by atoms with E-state index in [0.29, 0.717) is 16.9 Å². The van der Waals surface area contributed by atoms with Gasteiger partial charge in [0.05, 0.1) is 23.4 Å². The molecule has 0 aliphatic carbocycles. The number of rotatable bonds is 6. The largest absolute Gasteiger partial charge is 0.455 e. The Morgan fingerprint density at radius 1 is 1.03 bits per heavy atom. The fourth-order valence-electron chi connectivity index (χ4n) is 3.22. The predicted molar refractivity (Wildman–Crippen MR) is 116 cm³/mol. The first-order chi connectivity index (χ1) is 17.0. The van der Waals surface area contributed by atoms with Crippen molar-refractivity contribution in [3.63, 3.8) is 0 Å². The summed E-state index contributed by atoms with van der Waals surface area (Å²) in [4.78, 5) is 16.4. The molecular formula is C23H14F6N6O. The Balaban J connectivity index is 1.59. The summed E-state index contributed by atoms with van der Waals surface area (Å²) in [6, 6.07) is 15.2. The normalized spacial score (nSPS) is 11.8. The van der Waals surface area contributed by atoms with Gasteiger partial charge < -0.3 is 10.6 Å². The van der Waals surface area contributed by atoms with Crippen molar-refractivity contribution in [3.8, 4) is 17.2 Å². The molecule has 184 valence electrons. The monoisotopic (exact) mass is 504 g/mol. The predicted octanol–water partition coefficient (Wildman–Crippen LogP) is 5.08. The van der Waals surface area contributed by atoms with Gasteiger partial charge in [-0.2, -0.15) is 32.2 Å². The fourth-order valence-corrected chi connectivity index (χ4v) is 3.22. The van der Waals surface area contributed by atoms with Crippen molar-refractivity contribution in [1.82, 2.24) is 19.9 Å². The standard InChI is InChI=1S/C23H14F6N6O/c24-19-15(5-3-6-16(19)20(36)31-12-22(25,26)23(27,28)29)14-8-9-18-33-21(34-35(18)11-14)32-17-7-2-1-4-13(17)10-30/h1-9,11H,12H2,(H,31,36)(H,32,34). The van der Waals surface area contributed by atoms with Gasteiger partial charge in [-0.1, -0.05) is 24.3 Å². The zero-order chi connectivity index (χ0) is 26.1. The molecule has 36 heavy (non-hydrogen) atoms. The van der Waals surface area contributed by atoms with Crippen LogP contribution in [0, 0.1) is 17.1 Å². The number of nitriles is 1. The molecular weight excluding hydrogens is 490 g/mol. The summed E-state index contributed by atoms with van der Waals surface area (Å²) in [5, 5.41) is 17.8. The second kappa shape index (κ2) is 9.21. The minimum atomic E-state index is -5.86. The van der Waals surface area contributed by atoms with Crippen LogP contribution in [0.1, 0.15) is 15.9 Å². The van der Waals surface area contributed by atoms with Gasteiger partial charge in [0.2, 0.25) is 5.95 Å². The molecule has 0 saturated heterocycles. The van der Waals surface area contributed by atoms with E-state index in [1.54, 1.807) is 24.3 Å². The maximum Gasteiger partial charge on any atom is 0.455 e. The van der Waals surface area contributed by atoms with Crippen molar-refractivity contribution in [2.75, 3.05) is 11.9 Å². The third-order valence-corrected chi connectivity index (χ3v) is 5.07. The minimum absolute atomic E-state index is 0.119. The topological polar surface area (TPSA) is 95.1 Å². The molecule has 0 fully saturated rings. The number of carbonyl (C=O) groups is 1. The number of nitrogens with one attached hydrogen (secondary N) is 2. The van der Waals surface area contributed by atoms with Crippen LogP contribution in [-0.2, 0) is 0 Å². The highest BCUT2D eigenvalue weighted by Crippen LogP contribution is 2.35. The molecule has 2 heterocycles. The van der Waals surface area contributed by atoms with E-state index in [1.807, 2.05) is 6.07 Å². The lowest BCUT2D eigenvalue weighted by Gasteiger charge is -2.20. The molecule has 0 saturated carbocycles. The Hall–Kier alpha value is -4.60. The molecule has 13 heteroatoms. The summed E-state index contributed by atoms with van der Waals surface area (Å²) in [7, 11) is 0. The molecule has 0 unspecified atom stereocenters. The first-order valence-electron chi connectivity index (χ1n) is 10.1. The van der Waals surface area contributed by atoms with Crippen LogP contribution < -0.4 is 10.6 Å². The van der Waals surface area contributed by atoms with Crippen molar-refractivity contribution in [2.45, 2.75) is 12.1 Å². The molecule has 1 amide bonds. The molecule has 4 rings (SSSR count). The number of halogens is 6. The van der Waals surface area contributed by atoms with Gasteiger partial charge in [-0.25, -0.2) is 8.91 Å². The van der Waals surface area contributed by atoms with Crippen molar-refractivity contribution in [1.29, 1.82) is 5.26 Å². The van der Waals surface area contributed by atoms with E-state index in [0.717, 1.165) is 6.07 Å². The van der Waals surface area contributed by atoms with Gasteiger partial charge in [0.15, 0.2) is 5.65 Å². The van der Waals surface area contributed by atoms with Crippen LogP contribution in [0.25, 0.3) is 16.8 Å². The number of hydrogen-bond acceptors (Lipinski definition) is 5. The Morgan fingerprint density at radius 3 is 2.50 bits per heavy atom. The molecule has 0 aliphatic heterocycles. The molecule has 4 aromatic rings. The number of benzene rings is 2. The molecule has 0 atom stereocenters. The number of aromatic nitrogens is 3. The van der Waals surface area contributed by atoms with E-state index in [-0.39, 0.29) is 17.1 Å². The summed E-state index contributed by atoms with van der Waals surface area (Å²) >= 11 is 0. The van der Waals surface area contributed by atoms with E-state index in [4.69, 9.17) is 0 Å². The van der Waals surface area contributed by atoms with Gasteiger partial charge in [-0.05, 0) is 30.3 Å². The third-order valence-electron chi connectivity index (χ3n) is 5.07. The van der Waals surface area contributed by atoms with E-state index < -0.39 is 35.9 Å². The number of pyridine rings is 1. The summed E-state index contributed by atoms with van der Waals surface area (Å²) in [6.07, 6.45) is -4.47. The zero-order valence-electron chi connectivity index (χ0n) is 17.9. The van der Waals surface area contributed by atoms with E-state index >= 15 is 4.39 Å². The molecule has 2 aromatic carbocycles. The lowest BCUT2D eigenvalue weighted by molar-refractivity contribution is -0.278. The average Bonchev–Trinajstić information content (AvgIpc) is 3.24. The Kier molecular flexibility index (Phi) is 6.28. The maximum atomic E-state index is 15.1. The molecule has 7 nitrogen and oxygen atoms in total. The number of para-hydroxylation sites is 1. The number of anilines is 2. The number of alkyl halides is 5. The molecule has 0 bridgehead atoms. The van der Waals surface area contributed by atoms with Crippen LogP contribution in [0.2, 0.25) is 0 Å². The molecule has 2 aromatic heterocycles. The van der Waals surface area contributed by atoms with Crippen molar-refractivity contribution < 1.29 is 31.1 Å². The van der Waals surface area contributed by atoms with Crippen LogP contribution in [0.3, 0.4) is 0 Å². The van der Waals surface area contributed by atoms with Crippen LogP contribution in [0.4, 0.5) is 38.0 Å². The molecule has 0 radical (unpaired) electrons. The number of hydrogen-bond donors (Lipinski definition) is 2. The molecule has 0 spiro atoms. The summed E-state index contributed by atoms with van der Waals surface area (Å²) in [5.74, 6) is -7.57. The van der Waals surface area contributed by atoms with Crippen LogP contribution in [0.5, 0.6) is 0 Å².